The monoisotopic (exact) mass is 374 g/mol. The fourth-order valence-corrected chi connectivity index (χ4v) is 3.74. The van der Waals surface area contributed by atoms with Gasteiger partial charge in [-0.05, 0) is 18.4 Å². The smallest absolute Gasteiger partial charge is 0.356 e. The molecule has 0 bridgehead atoms. The summed E-state index contributed by atoms with van der Waals surface area (Å²) in [6.45, 7) is 0. The number of aromatic nitrogens is 1. The van der Waals surface area contributed by atoms with E-state index in [2.05, 4.69) is 10.3 Å². The van der Waals surface area contributed by atoms with Crippen molar-refractivity contribution in [3.8, 4) is 11.5 Å². The van der Waals surface area contributed by atoms with Crippen molar-refractivity contribution in [1.29, 1.82) is 0 Å². The average Bonchev–Trinajstić information content (AvgIpc) is 3.32. The minimum Gasteiger partial charge on any atom is -0.493 e. The Morgan fingerprint density at radius 1 is 1.11 bits per heavy atom. The molecule has 2 N–H and O–H groups in total. The van der Waals surface area contributed by atoms with E-state index >= 15 is 0 Å². The summed E-state index contributed by atoms with van der Waals surface area (Å²) in [7, 11) is 4.39. The fourth-order valence-electron chi connectivity index (χ4n) is 3.74. The lowest BCUT2D eigenvalue weighted by Gasteiger charge is -2.11. The highest BCUT2D eigenvalue weighted by Gasteiger charge is 2.23. The molecule has 0 spiro atoms. The zero-order chi connectivity index (χ0) is 19.4. The average molecular weight is 374 g/mol. The van der Waals surface area contributed by atoms with Gasteiger partial charge in [0.15, 0.2) is 11.5 Å². The highest BCUT2D eigenvalue weighted by Crippen LogP contribution is 2.37. The molecule has 1 amide bonds. The first-order valence-electron chi connectivity index (χ1n) is 9.23. The third-order valence-electron chi connectivity index (χ3n) is 5.21. The molecule has 27 heavy (non-hydrogen) atoms. The number of amides is 1. The predicted octanol–water partition coefficient (Wildman–Crippen LogP) is 3.88. The lowest BCUT2D eigenvalue weighted by molar-refractivity contribution is -0.116. The van der Waals surface area contributed by atoms with Crippen LogP contribution in [0, 0.1) is 5.92 Å². The summed E-state index contributed by atoms with van der Waals surface area (Å²) in [5.74, 6) is 1.02. The number of hydrogen-bond donors (Lipinski definition) is 2. The Morgan fingerprint density at radius 2 is 1.78 bits per heavy atom. The van der Waals surface area contributed by atoms with Crippen molar-refractivity contribution >= 4 is 28.5 Å². The van der Waals surface area contributed by atoms with Crippen molar-refractivity contribution in [1.82, 2.24) is 4.98 Å². The zero-order valence-electron chi connectivity index (χ0n) is 16.0. The van der Waals surface area contributed by atoms with Crippen LogP contribution in [0.1, 0.15) is 49.0 Å². The quantitative estimate of drug-likeness (QED) is 0.718. The van der Waals surface area contributed by atoms with Crippen LogP contribution in [0.15, 0.2) is 12.1 Å². The predicted molar refractivity (Wildman–Crippen MR) is 103 cm³/mol. The summed E-state index contributed by atoms with van der Waals surface area (Å²) in [5, 5.41) is 3.56. The number of carbonyl (C=O) groups excluding carboxylic acids is 2. The second-order valence-electron chi connectivity index (χ2n) is 6.86. The fraction of sp³-hybridized carbons (Fsp3) is 0.500. The number of hydrogen-bond acceptors (Lipinski definition) is 5. The third kappa shape index (κ3) is 4.02. The first-order valence-corrected chi connectivity index (χ1v) is 9.23. The molecule has 1 fully saturated rings. The SMILES string of the molecule is COC(=O)c1[nH]c2cc(OC)c(OC)cc2c1NC(=O)CCC1CCCC1. The summed E-state index contributed by atoms with van der Waals surface area (Å²) in [6.07, 6.45) is 6.21. The molecule has 0 saturated heterocycles. The molecular formula is C20H26N2O5. The number of rotatable bonds is 7. The number of esters is 1. The number of anilines is 1. The van der Waals surface area contributed by atoms with Gasteiger partial charge < -0.3 is 24.5 Å². The Morgan fingerprint density at radius 3 is 2.41 bits per heavy atom. The standard InChI is InChI=1S/C20H26N2O5/c1-25-15-10-13-14(11-16(15)26-2)21-19(20(24)27-3)18(13)22-17(23)9-8-12-6-4-5-7-12/h10-12,21H,4-9H2,1-3H3,(H,22,23). The molecule has 1 aromatic carbocycles. The second kappa shape index (κ2) is 8.33. The summed E-state index contributed by atoms with van der Waals surface area (Å²) in [5.41, 5.74) is 1.27. The highest BCUT2D eigenvalue weighted by atomic mass is 16.5. The van der Waals surface area contributed by atoms with E-state index < -0.39 is 5.97 Å². The van der Waals surface area contributed by atoms with Crippen LogP contribution in [0.4, 0.5) is 5.69 Å². The lowest BCUT2D eigenvalue weighted by atomic mass is 10.0. The van der Waals surface area contributed by atoms with Crippen LogP contribution in [-0.2, 0) is 9.53 Å². The maximum Gasteiger partial charge on any atom is 0.356 e. The molecule has 0 radical (unpaired) electrons. The first kappa shape index (κ1) is 19.1. The molecule has 2 aromatic rings. The Hall–Kier alpha value is -2.70. The Kier molecular flexibility index (Phi) is 5.88. The first-order chi connectivity index (χ1) is 13.1. The molecule has 0 unspecified atom stereocenters. The van der Waals surface area contributed by atoms with Gasteiger partial charge in [-0.1, -0.05) is 25.7 Å². The molecule has 146 valence electrons. The Balaban J connectivity index is 1.90. The highest BCUT2D eigenvalue weighted by molar-refractivity contribution is 6.11. The van der Waals surface area contributed by atoms with Gasteiger partial charge in [0.1, 0.15) is 5.69 Å². The van der Waals surface area contributed by atoms with Crippen molar-refractivity contribution in [2.45, 2.75) is 38.5 Å². The summed E-state index contributed by atoms with van der Waals surface area (Å²) >= 11 is 0. The second-order valence-corrected chi connectivity index (χ2v) is 6.86. The number of ether oxygens (including phenoxy) is 3. The zero-order valence-corrected chi connectivity index (χ0v) is 16.0. The van der Waals surface area contributed by atoms with E-state index in [-0.39, 0.29) is 11.6 Å². The van der Waals surface area contributed by atoms with Gasteiger partial charge in [-0.2, -0.15) is 0 Å². The molecule has 0 aliphatic heterocycles. The van der Waals surface area contributed by atoms with E-state index in [1.54, 1.807) is 19.2 Å². The van der Waals surface area contributed by atoms with Gasteiger partial charge in [-0.15, -0.1) is 0 Å². The van der Waals surface area contributed by atoms with Gasteiger partial charge in [-0.3, -0.25) is 4.79 Å². The summed E-state index contributed by atoms with van der Waals surface area (Å²) in [6, 6.07) is 3.47. The number of H-pyrrole nitrogens is 1. The number of benzene rings is 1. The van der Waals surface area contributed by atoms with E-state index in [9.17, 15) is 9.59 Å². The number of carbonyl (C=O) groups is 2. The van der Waals surface area contributed by atoms with E-state index in [4.69, 9.17) is 14.2 Å². The van der Waals surface area contributed by atoms with Gasteiger partial charge in [0.2, 0.25) is 5.91 Å². The van der Waals surface area contributed by atoms with Gasteiger partial charge >= 0.3 is 5.97 Å². The molecule has 3 rings (SSSR count). The van der Waals surface area contributed by atoms with Crippen LogP contribution in [0.25, 0.3) is 10.9 Å². The minimum atomic E-state index is -0.546. The molecular weight excluding hydrogens is 348 g/mol. The summed E-state index contributed by atoms with van der Waals surface area (Å²) in [4.78, 5) is 27.7. The van der Waals surface area contributed by atoms with E-state index in [1.807, 2.05) is 0 Å². The molecule has 7 heteroatoms. The molecule has 1 heterocycles. The van der Waals surface area contributed by atoms with E-state index in [1.165, 1.54) is 39.9 Å². The van der Waals surface area contributed by atoms with Crippen molar-refractivity contribution in [3.63, 3.8) is 0 Å². The number of fused-ring (bicyclic) bond motifs is 1. The Bertz CT molecular complexity index is 836. The largest absolute Gasteiger partial charge is 0.493 e. The summed E-state index contributed by atoms with van der Waals surface area (Å²) < 4.78 is 15.5. The van der Waals surface area contributed by atoms with E-state index in [0.717, 1.165) is 6.42 Å². The molecule has 1 aromatic heterocycles. The van der Waals surface area contributed by atoms with Gasteiger partial charge in [-0.25, -0.2) is 4.79 Å². The number of nitrogens with one attached hydrogen (secondary N) is 2. The topological polar surface area (TPSA) is 89.7 Å². The van der Waals surface area contributed by atoms with Crippen LogP contribution in [0.2, 0.25) is 0 Å². The van der Waals surface area contributed by atoms with Gasteiger partial charge in [0.05, 0.1) is 32.5 Å². The van der Waals surface area contributed by atoms with Crippen molar-refractivity contribution in [3.05, 3.63) is 17.8 Å². The van der Waals surface area contributed by atoms with Crippen molar-refractivity contribution in [2.24, 2.45) is 5.92 Å². The number of methoxy groups -OCH3 is 3. The van der Waals surface area contributed by atoms with Crippen LogP contribution in [-0.4, -0.2) is 38.2 Å². The lowest BCUT2D eigenvalue weighted by Crippen LogP contribution is -2.15. The van der Waals surface area contributed by atoms with Crippen LogP contribution >= 0.6 is 0 Å². The van der Waals surface area contributed by atoms with Gasteiger partial charge in [0, 0.05) is 17.9 Å². The van der Waals surface area contributed by atoms with Crippen molar-refractivity contribution < 1.29 is 23.8 Å². The molecule has 7 nitrogen and oxygen atoms in total. The molecule has 1 saturated carbocycles. The molecule has 1 aliphatic rings. The minimum absolute atomic E-state index is 0.109. The number of aromatic amines is 1. The maximum absolute atomic E-state index is 12.5. The normalized spacial score (nSPS) is 14.3. The molecule has 0 atom stereocenters. The maximum atomic E-state index is 12.5. The Labute approximate surface area is 158 Å². The van der Waals surface area contributed by atoms with Crippen LogP contribution in [0.3, 0.4) is 0 Å². The van der Waals surface area contributed by atoms with Crippen LogP contribution in [0.5, 0.6) is 11.5 Å². The third-order valence-corrected chi connectivity index (χ3v) is 5.21. The van der Waals surface area contributed by atoms with Crippen LogP contribution < -0.4 is 14.8 Å². The molecule has 1 aliphatic carbocycles. The van der Waals surface area contributed by atoms with Gasteiger partial charge in [0.25, 0.3) is 0 Å². The van der Waals surface area contributed by atoms with E-state index in [0.29, 0.717) is 40.4 Å². The van der Waals surface area contributed by atoms with Crippen molar-refractivity contribution in [2.75, 3.05) is 26.6 Å².